The molecule has 1 unspecified atom stereocenters. The minimum atomic E-state index is -0.815. The molecule has 2 aliphatic carbocycles. The van der Waals surface area contributed by atoms with E-state index in [2.05, 4.69) is 27.2 Å². The largest absolute Gasteiger partial charge is 0.469 e. The maximum atomic E-state index is 13.8. The summed E-state index contributed by atoms with van der Waals surface area (Å²) in [5, 5.41) is 13.3. The topological polar surface area (TPSA) is 91.4 Å². The average molecular weight is 493 g/mol. The van der Waals surface area contributed by atoms with E-state index in [4.69, 9.17) is 0 Å². The zero-order valence-electron chi connectivity index (χ0n) is 20.7. The van der Waals surface area contributed by atoms with Crippen molar-refractivity contribution in [1.29, 1.82) is 0 Å². The Morgan fingerprint density at radius 1 is 1.22 bits per heavy atom. The summed E-state index contributed by atoms with van der Waals surface area (Å²) >= 11 is 0. The number of rotatable bonds is 10. The van der Waals surface area contributed by atoms with Gasteiger partial charge in [0.05, 0.1) is 19.6 Å². The predicted molar refractivity (Wildman–Crippen MR) is 138 cm³/mol. The first-order valence-electron chi connectivity index (χ1n) is 12.5. The number of hydrogen-bond acceptors (Lipinski definition) is 4. The van der Waals surface area contributed by atoms with Crippen molar-refractivity contribution in [3.8, 4) is 11.1 Å². The van der Waals surface area contributed by atoms with E-state index in [9.17, 15) is 19.1 Å². The molecule has 4 rings (SSSR count). The molecule has 1 aromatic heterocycles. The predicted octanol–water partition coefficient (Wildman–Crippen LogP) is 5.41. The van der Waals surface area contributed by atoms with Gasteiger partial charge in [-0.3, -0.25) is 9.59 Å². The fourth-order valence-corrected chi connectivity index (χ4v) is 4.43. The summed E-state index contributed by atoms with van der Waals surface area (Å²) in [6.45, 7) is 1.95. The standard InChI is InChI=1S/C29H33FN2O4/c1-18(16-23(33)17-25(34)36-2)8-15-24-26(20-9-11-21(30)12-10-20)27(19-6-4-3-5-7-19)28(32-24)29(35)31-22-13-14-22/h4,6-12,15,18,22-23,32-33H,3,5,13-14,16-17H2,1-2H3,(H,31,35)/b15-8+/t18?,23-/m1/s1. The first-order chi connectivity index (χ1) is 17.4. The molecule has 1 amide bonds. The molecular formula is C29H33FN2O4. The molecule has 2 aliphatic rings. The van der Waals surface area contributed by atoms with Gasteiger partial charge in [0.15, 0.2) is 0 Å². The van der Waals surface area contributed by atoms with Gasteiger partial charge in [0.1, 0.15) is 11.5 Å². The van der Waals surface area contributed by atoms with E-state index < -0.39 is 12.1 Å². The maximum absolute atomic E-state index is 13.8. The monoisotopic (exact) mass is 492 g/mol. The second kappa shape index (κ2) is 11.5. The number of allylic oxidation sites excluding steroid dienone is 5. The van der Waals surface area contributed by atoms with E-state index in [-0.39, 0.29) is 30.1 Å². The number of aromatic amines is 1. The van der Waals surface area contributed by atoms with Crippen LogP contribution in [-0.2, 0) is 9.53 Å². The molecule has 7 heteroatoms. The lowest BCUT2D eigenvalue weighted by molar-refractivity contribution is -0.142. The molecule has 0 bridgehead atoms. The molecule has 190 valence electrons. The van der Waals surface area contributed by atoms with Crippen molar-refractivity contribution in [2.45, 2.75) is 57.6 Å². The van der Waals surface area contributed by atoms with Gasteiger partial charge >= 0.3 is 5.97 Å². The molecule has 0 saturated heterocycles. The summed E-state index contributed by atoms with van der Waals surface area (Å²) in [4.78, 5) is 28.1. The minimum absolute atomic E-state index is 0.0463. The number of H-pyrrole nitrogens is 1. The quantitative estimate of drug-likeness (QED) is 0.387. The Morgan fingerprint density at radius 3 is 2.61 bits per heavy atom. The van der Waals surface area contributed by atoms with Crippen LogP contribution in [-0.4, -0.2) is 41.2 Å². The van der Waals surface area contributed by atoms with Gasteiger partial charge in [0, 0.05) is 22.9 Å². The Labute approximate surface area is 210 Å². The minimum Gasteiger partial charge on any atom is -0.469 e. The zero-order chi connectivity index (χ0) is 25.7. The van der Waals surface area contributed by atoms with Crippen LogP contribution >= 0.6 is 0 Å². The van der Waals surface area contributed by atoms with Crippen LogP contribution in [0.4, 0.5) is 4.39 Å². The van der Waals surface area contributed by atoms with Crippen molar-refractivity contribution in [3.05, 3.63) is 71.3 Å². The lowest BCUT2D eigenvalue weighted by Gasteiger charge is -2.13. The van der Waals surface area contributed by atoms with Crippen LogP contribution in [0.3, 0.4) is 0 Å². The van der Waals surface area contributed by atoms with Gasteiger partial charge < -0.3 is 20.1 Å². The number of carbonyl (C=O) groups is 2. The van der Waals surface area contributed by atoms with Crippen molar-refractivity contribution >= 4 is 23.5 Å². The van der Waals surface area contributed by atoms with Crippen LogP contribution in [0.2, 0.25) is 0 Å². The SMILES string of the molecule is COC(=O)C[C@H](O)CC(C)/C=C/c1[nH]c(C(=O)NC2CC2)c(C2=CCCC=C2)c1-c1ccc(F)cc1. The molecule has 0 radical (unpaired) electrons. The number of carbonyl (C=O) groups excluding carboxylic acids is 2. The van der Waals surface area contributed by atoms with Crippen LogP contribution in [0.1, 0.15) is 67.2 Å². The third-order valence-electron chi connectivity index (χ3n) is 6.45. The van der Waals surface area contributed by atoms with E-state index >= 15 is 0 Å². The normalized spacial score (nSPS) is 17.1. The Kier molecular flexibility index (Phi) is 8.21. The number of esters is 1. The molecule has 2 aromatic rings. The molecule has 0 spiro atoms. The fraction of sp³-hybridized carbons (Fsp3) is 0.379. The van der Waals surface area contributed by atoms with Crippen molar-refractivity contribution in [2.24, 2.45) is 5.92 Å². The van der Waals surface area contributed by atoms with Crippen molar-refractivity contribution in [1.82, 2.24) is 10.3 Å². The van der Waals surface area contributed by atoms with Crippen molar-refractivity contribution < 1.29 is 23.8 Å². The lowest BCUT2D eigenvalue weighted by atomic mass is 9.91. The van der Waals surface area contributed by atoms with Gasteiger partial charge in [-0.2, -0.15) is 0 Å². The number of nitrogens with one attached hydrogen (secondary N) is 2. The molecule has 2 atom stereocenters. The highest BCUT2D eigenvalue weighted by Crippen LogP contribution is 2.38. The first kappa shape index (κ1) is 25.6. The number of aromatic nitrogens is 1. The number of amides is 1. The van der Waals surface area contributed by atoms with Gasteiger partial charge in [0.25, 0.3) is 5.91 Å². The van der Waals surface area contributed by atoms with Crippen LogP contribution in [0, 0.1) is 11.7 Å². The van der Waals surface area contributed by atoms with E-state index in [0.29, 0.717) is 12.1 Å². The van der Waals surface area contributed by atoms with Crippen LogP contribution in [0.5, 0.6) is 0 Å². The van der Waals surface area contributed by atoms with Gasteiger partial charge in [-0.15, -0.1) is 0 Å². The Morgan fingerprint density at radius 2 is 1.97 bits per heavy atom. The summed E-state index contributed by atoms with van der Waals surface area (Å²) in [6.07, 6.45) is 13.4. The fourth-order valence-electron chi connectivity index (χ4n) is 4.43. The molecule has 3 N–H and O–H groups in total. The second-order valence-corrected chi connectivity index (χ2v) is 9.56. The third kappa shape index (κ3) is 6.40. The summed E-state index contributed by atoms with van der Waals surface area (Å²) in [5.41, 5.74) is 4.59. The molecular weight excluding hydrogens is 459 g/mol. The second-order valence-electron chi connectivity index (χ2n) is 9.56. The van der Waals surface area contributed by atoms with E-state index in [1.165, 1.54) is 19.2 Å². The molecule has 1 aromatic carbocycles. The number of aliphatic hydroxyl groups excluding tert-OH is 1. The maximum Gasteiger partial charge on any atom is 0.308 e. The first-order valence-corrected chi connectivity index (χ1v) is 12.5. The van der Waals surface area contributed by atoms with E-state index in [1.807, 2.05) is 25.2 Å². The molecule has 1 saturated carbocycles. The number of aliphatic hydroxyl groups is 1. The number of halogens is 1. The van der Waals surface area contributed by atoms with E-state index in [1.54, 1.807) is 12.1 Å². The highest BCUT2D eigenvalue weighted by Gasteiger charge is 2.29. The molecule has 0 aliphatic heterocycles. The molecule has 1 fully saturated rings. The number of hydrogen-bond donors (Lipinski definition) is 3. The molecule has 36 heavy (non-hydrogen) atoms. The zero-order valence-corrected chi connectivity index (χ0v) is 20.7. The number of benzene rings is 1. The van der Waals surface area contributed by atoms with Gasteiger partial charge in [-0.05, 0) is 67.4 Å². The summed E-state index contributed by atoms with van der Waals surface area (Å²) in [7, 11) is 1.30. The highest BCUT2D eigenvalue weighted by atomic mass is 19.1. The Bertz CT molecular complexity index is 1190. The van der Waals surface area contributed by atoms with Crippen LogP contribution in [0.15, 0.2) is 48.6 Å². The lowest BCUT2D eigenvalue weighted by Crippen LogP contribution is -2.26. The van der Waals surface area contributed by atoms with Crippen LogP contribution in [0.25, 0.3) is 22.8 Å². The Balaban J connectivity index is 1.73. The van der Waals surface area contributed by atoms with Crippen molar-refractivity contribution in [2.75, 3.05) is 7.11 Å². The van der Waals surface area contributed by atoms with E-state index in [0.717, 1.165) is 53.6 Å². The van der Waals surface area contributed by atoms with Crippen molar-refractivity contribution in [3.63, 3.8) is 0 Å². The smallest absolute Gasteiger partial charge is 0.308 e. The van der Waals surface area contributed by atoms with Crippen LogP contribution < -0.4 is 5.32 Å². The Hall–Kier alpha value is -3.45. The molecule has 1 heterocycles. The van der Waals surface area contributed by atoms with Gasteiger partial charge in [-0.25, -0.2) is 4.39 Å². The summed E-state index contributed by atoms with van der Waals surface area (Å²) in [6, 6.07) is 6.48. The molecule has 6 nitrogen and oxygen atoms in total. The highest BCUT2D eigenvalue weighted by molar-refractivity contribution is 6.04. The van der Waals surface area contributed by atoms with Gasteiger partial charge in [-0.1, -0.05) is 43.4 Å². The summed E-state index contributed by atoms with van der Waals surface area (Å²) < 4.78 is 18.4. The summed E-state index contributed by atoms with van der Waals surface area (Å²) in [5.74, 6) is -0.983. The number of methoxy groups -OCH3 is 1. The van der Waals surface area contributed by atoms with Gasteiger partial charge in [0.2, 0.25) is 0 Å². The number of ether oxygens (including phenoxy) is 1. The average Bonchev–Trinajstić information content (AvgIpc) is 3.60. The third-order valence-corrected chi connectivity index (χ3v) is 6.45.